The van der Waals surface area contributed by atoms with Gasteiger partial charge in [0.25, 0.3) is 5.56 Å². The highest BCUT2D eigenvalue weighted by Gasteiger charge is 2.17. The van der Waals surface area contributed by atoms with Gasteiger partial charge < -0.3 is 14.2 Å². The van der Waals surface area contributed by atoms with Crippen molar-refractivity contribution in [2.24, 2.45) is 0 Å². The molecule has 4 heterocycles. The van der Waals surface area contributed by atoms with Crippen LogP contribution < -0.4 is 24.3 Å². The van der Waals surface area contributed by atoms with E-state index in [1.807, 2.05) is 95.8 Å². The summed E-state index contributed by atoms with van der Waals surface area (Å²) in [5, 5.41) is 9.34. The molecular formula is C33H27N5O4S. The molecule has 0 atom stereocenters. The number of benzene rings is 3. The Balaban J connectivity index is 1.22. The fraction of sp³-hybridized carbons (Fsp3) is 0.152. The van der Waals surface area contributed by atoms with Crippen molar-refractivity contribution in [3.63, 3.8) is 0 Å². The summed E-state index contributed by atoms with van der Waals surface area (Å²) in [6, 6.07) is 23.4. The van der Waals surface area contributed by atoms with Crippen LogP contribution in [-0.2, 0) is 0 Å². The fourth-order valence-electron chi connectivity index (χ4n) is 4.75. The Morgan fingerprint density at radius 3 is 2.56 bits per heavy atom. The summed E-state index contributed by atoms with van der Waals surface area (Å²) < 4.78 is 20.8. The molecule has 6 aromatic rings. The molecule has 0 unspecified atom stereocenters. The van der Waals surface area contributed by atoms with Crippen molar-refractivity contribution in [1.82, 2.24) is 24.4 Å². The zero-order chi connectivity index (χ0) is 29.2. The van der Waals surface area contributed by atoms with Crippen LogP contribution in [0.2, 0.25) is 0 Å². The monoisotopic (exact) mass is 589 g/mol. The van der Waals surface area contributed by atoms with Crippen LogP contribution in [0.25, 0.3) is 40.1 Å². The molecular weight excluding hydrogens is 562 g/mol. The van der Waals surface area contributed by atoms with Crippen LogP contribution in [0.5, 0.6) is 17.2 Å². The molecule has 0 N–H and O–H groups in total. The Morgan fingerprint density at radius 2 is 1.77 bits per heavy atom. The van der Waals surface area contributed by atoms with Gasteiger partial charge in [-0.15, -0.1) is 5.10 Å². The Bertz CT molecular complexity index is 2050. The van der Waals surface area contributed by atoms with Crippen LogP contribution in [0.15, 0.2) is 83.8 Å². The topological polar surface area (TPSA) is 92.8 Å². The SMILES string of the molecule is CCCOc1ccc(/C=C/c2nc3s/c(=C\c4cn(-c5ccccc5)nc4-c4ccc5c(c4)OCCO5)c(=O)n3n2)cc1. The van der Waals surface area contributed by atoms with Gasteiger partial charge in [-0.2, -0.15) is 14.6 Å². The number of rotatable bonds is 8. The molecule has 0 aliphatic carbocycles. The van der Waals surface area contributed by atoms with Crippen LogP contribution >= 0.6 is 11.3 Å². The predicted molar refractivity (Wildman–Crippen MR) is 167 cm³/mol. The average Bonchev–Trinajstić information content (AvgIpc) is 3.74. The van der Waals surface area contributed by atoms with E-state index >= 15 is 0 Å². The van der Waals surface area contributed by atoms with Gasteiger partial charge in [0.2, 0.25) is 4.96 Å². The van der Waals surface area contributed by atoms with Crippen molar-refractivity contribution in [1.29, 1.82) is 0 Å². The number of thiazole rings is 1. The second-order valence-corrected chi connectivity index (χ2v) is 10.9. The maximum Gasteiger partial charge on any atom is 0.291 e. The lowest BCUT2D eigenvalue weighted by Crippen LogP contribution is -2.23. The number of hydrogen-bond acceptors (Lipinski definition) is 8. The van der Waals surface area contributed by atoms with Gasteiger partial charge in [0.15, 0.2) is 17.3 Å². The third-order valence-corrected chi connectivity index (χ3v) is 7.80. The molecule has 9 nitrogen and oxygen atoms in total. The van der Waals surface area contributed by atoms with E-state index in [1.54, 1.807) is 6.08 Å². The van der Waals surface area contributed by atoms with Crippen molar-refractivity contribution < 1.29 is 14.2 Å². The first-order chi connectivity index (χ1) is 21.1. The number of ether oxygens (including phenoxy) is 3. The van der Waals surface area contributed by atoms with E-state index in [2.05, 4.69) is 17.0 Å². The van der Waals surface area contributed by atoms with Gasteiger partial charge in [-0.25, -0.2) is 4.68 Å². The predicted octanol–water partition coefficient (Wildman–Crippen LogP) is 5.28. The highest BCUT2D eigenvalue weighted by Crippen LogP contribution is 2.35. The summed E-state index contributed by atoms with van der Waals surface area (Å²) >= 11 is 1.29. The van der Waals surface area contributed by atoms with Crippen molar-refractivity contribution in [3.8, 4) is 34.2 Å². The van der Waals surface area contributed by atoms with E-state index < -0.39 is 0 Å². The van der Waals surface area contributed by atoms with Gasteiger partial charge >= 0.3 is 0 Å². The van der Waals surface area contributed by atoms with E-state index in [0.717, 1.165) is 34.5 Å². The second-order valence-electron chi connectivity index (χ2n) is 9.90. The molecule has 214 valence electrons. The smallest absolute Gasteiger partial charge is 0.291 e. The Morgan fingerprint density at radius 1 is 0.953 bits per heavy atom. The quantitative estimate of drug-likeness (QED) is 0.239. The minimum Gasteiger partial charge on any atom is -0.494 e. The summed E-state index contributed by atoms with van der Waals surface area (Å²) in [5.74, 6) is 2.69. The number of fused-ring (bicyclic) bond motifs is 2. The van der Waals surface area contributed by atoms with Gasteiger partial charge in [0.05, 0.1) is 16.8 Å². The lowest BCUT2D eigenvalue weighted by Gasteiger charge is -2.18. The molecule has 0 bridgehead atoms. The molecule has 3 aromatic heterocycles. The largest absolute Gasteiger partial charge is 0.494 e. The molecule has 0 saturated heterocycles. The number of hydrogen-bond donors (Lipinski definition) is 0. The van der Waals surface area contributed by atoms with Gasteiger partial charge in [0, 0.05) is 17.3 Å². The third-order valence-electron chi connectivity index (χ3n) is 6.84. The summed E-state index contributed by atoms with van der Waals surface area (Å²) in [7, 11) is 0. The Hall–Kier alpha value is -5.22. The molecule has 0 saturated carbocycles. The zero-order valence-corrected chi connectivity index (χ0v) is 24.2. The average molecular weight is 590 g/mol. The molecule has 0 spiro atoms. The molecule has 3 aromatic carbocycles. The third kappa shape index (κ3) is 5.52. The van der Waals surface area contributed by atoms with E-state index in [1.165, 1.54) is 15.9 Å². The minimum absolute atomic E-state index is 0.231. The Kier molecular flexibility index (Phi) is 7.18. The maximum absolute atomic E-state index is 13.4. The molecule has 1 aliphatic heterocycles. The lowest BCUT2D eigenvalue weighted by atomic mass is 10.1. The number of aromatic nitrogens is 5. The van der Waals surface area contributed by atoms with Crippen molar-refractivity contribution in [2.45, 2.75) is 13.3 Å². The van der Waals surface area contributed by atoms with E-state index in [9.17, 15) is 4.79 Å². The molecule has 7 rings (SSSR count). The first-order valence-electron chi connectivity index (χ1n) is 14.0. The van der Waals surface area contributed by atoms with Gasteiger partial charge in [0.1, 0.15) is 24.7 Å². The van der Waals surface area contributed by atoms with Crippen LogP contribution in [-0.4, -0.2) is 44.2 Å². The van der Waals surface area contributed by atoms with E-state index in [4.69, 9.17) is 19.3 Å². The van der Waals surface area contributed by atoms with Gasteiger partial charge in [-0.3, -0.25) is 4.79 Å². The minimum atomic E-state index is -0.231. The normalized spacial score (nSPS) is 13.3. The summed E-state index contributed by atoms with van der Waals surface area (Å²) in [4.78, 5) is 18.5. The molecule has 0 amide bonds. The highest BCUT2D eigenvalue weighted by atomic mass is 32.1. The Labute approximate surface area is 250 Å². The number of para-hydroxylation sites is 1. The summed E-state index contributed by atoms with van der Waals surface area (Å²) in [5.41, 5.74) is 4.02. The van der Waals surface area contributed by atoms with Gasteiger partial charge in [-0.05, 0) is 66.6 Å². The standard InChI is InChI=1S/C33H27N5O4S/c1-2-16-40-26-12-8-22(9-13-26)10-15-30-34-33-38(35-30)32(39)29(43-33)20-24-21-37(25-6-4-3-5-7-25)36-31(24)23-11-14-27-28(19-23)42-18-17-41-27/h3-15,19-21H,2,16-18H2,1H3/b15-10+,29-20-. The molecule has 1 aliphatic rings. The molecule has 0 fully saturated rings. The lowest BCUT2D eigenvalue weighted by molar-refractivity contribution is 0.171. The van der Waals surface area contributed by atoms with Crippen molar-refractivity contribution >= 4 is 34.5 Å². The van der Waals surface area contributed by atoms with Crippen LogP contribution in [0.1, 0.15) is 30.3 Å². The van der Waals surface area contributed by atoms with E-state index in [-0.39, 0.29) is 5.56 Å². The van der Waals surface area contributed by atoms with Gasteiger partial charge in [-0.1, -0.05) is 54.7 Å². The summed E-state index contributed by atoms with van der Waals surface area (Å²) in [6.07, 6.45) is 8.44. The molecule has 0 radical (unpaired) electrons. The molecule has 10 heteroatoms. The van der Waals surface area contributed by atoms with Crippen molar-refractivity contribution in [2.75, 3.05) is 19.8 Å². The zero-order valence-electron chi connectivity index (χ0n) is 23.3. The van der Waals surface area contributed by atoms with Crippen molar-refractivity contribution in [3.05, 3.63) is 111 Å². The summed E-state index contributed by atoms with van der Waals surface area (Å²) in [6.45, 7) is 3.78. The number of nitrogens with zero attached hydrogens (tertiary/aromatic N) is 5. The van der Waals surface area contributed by atoms with Crippen LogP contribution in [0.3, 0.4) is 0 Å². The first kappa shape index (κ1) is 26.7. The fourth-order valence-corrected chi connectivity index (χ4v) is 5.65. The second kappa shape index (κ2) is 11.6. The van der Waals surface area contributed by atoms with Crippen LogP contribution in [0.4, 0.5) is 0 Å². The first-order valence-corrected chi connectivity index (χ1v) is 14.8. The highest BCUT2D eigenvalue weighted by molar-refractivity contribution is 7.15. The van der Waals surface area contributed by atoms with E-state index in [0.29, 0.717) is 52.3 Å². The maximum atomic E-state index is 13.4. The molecule has 43 heavy (non-hydrogen) atoms. The van der Waals surface area contributed by atoms with Crippen LogP contribution in [0, 0.1) is 0 Å².